The first-order chi connectivity index (χ1) is 14.1. The first-order valence-electron chi connectivity index (χ1n) is 8.65. The summed E-state index contributed by atoms with van der Waals surface area (Å²) in [6.45, 7) is 0. The molecule has 0 radical (unpaired) electrons. The van der Waals surface area contributed by atoms with Gasteiger partial charge in [0.25, 0.3) is 0 Å². The van der Waals surface area contributed by atoms with Crippen molar-refractivity contribution in [2.75, 3.05) is 18.2 Å². The predicted octanol–water partition coefficient (Wildman–Crippen LogP) is 4.21. The number of benzene rings is 2. The van der Waals surface area contributed by atoms with Gasteiger partial charge in [0.05, 0.1) is 30.1 Å². The Kier molecular flexibility index (Phi) is 5.64. The third kappa shape index (κ3) is 4.33. The normalized spacial score (nSPS) is 10.8. The lowest BCUT2D eigenvalue weighted by Gasteiger charge is -2.07. The maximum Gasteiger partial charge on any atom is 0.234 e. The number of nitrogens with one attached hydrogen (secondary N) is 1. The van der Waals surface area contributed by atoms with Crippen LogP contribution in [0.25, 0.3) is 16.7 Å². The number of amides is 1. The van der Waals surface area contributed by atoms with Crippen LogP contribution < -0.4 is 10.1 Å². The molecule has 0 fully saturated rings. The average molecular weight is 426 g/mol. The van der Waals surface area contributed by atoms with E-state index in [1.807, 2.05) is 36.4 Å². The molecule has 7 nitrogen and oxygen atoms in total. The molecule has 2 aromatic heterocycles. The van der Waals surface area contributed by atoms with Crippen molar-refractivity contribution in [1.29, 1.82) is 0 Å². The number of ether oxygens (including phenoxy) is 1. The minimum atomic E-state index is -0.141. The minimum Gasteiger partial charge on any atom is -0.497 e. The Hall–Kier alpha value is -3.10. The SMILES string of the molecule is COc1cccc(NC(=O)CSc2ncnc3c2cnn3-c2cccc(Cl)c2)c1. The highest BCUT2D eigenvalue weighted by atomic mass is 35.5. The summed E-state index contributed by atoms with van der Waals surface area (Å²) in [7, 11) is 1.58. The van der Waals surface area contributed by atoms with Crippen molar-refractivity contribution in [3.05, 3.63) is 66.1 Å². The topological polar surface area (TPSA) is 81.9 Å². The van der Waals surface area contributed by atoms with Gasteiger partial charge in [-0.15, -0.1) is 0 Å². The van der Waals surface area contributed by atoms with Crippen molar-refractivity contribution >= 4 is 46.0 Å². The second-order valence-electron chi connectivity index (χ2n) is 6.02. The molecule has 0 bridgehead atoms. The molecule has 0 aliphatic rings. The van der Waals surface area contributed by atoms with Gasteiger partial charge in [-0.05, 0) is 30.3 Å². The Balaban J connectivity index is 1.50. The molecule has 4 rings (SSSR count). The van der Waals surface area contributed by atoms with Crippen molar-refractivity contribution in [1.82, 2.24) is 19.7 Å². The third-order valence-electron chi connectivity index (χ3n) is 4.08. The Morgan fingerprint density at radius 1 is 1.21 bits per heavy atom. The Morgan fingerprint density at radius 3 is 2.90 bits per heavy atom. The fraction of sp³-hybridized carbons (Fsp3) is 0.100. The Labute approximate surface area is 176 Å². The highest BCUT2D eigenvalue weighted by Gasteiger charge is 2.13. The standard InChI is InChI=1S/C20H16ClN5O2S/c1-28-16-7-3-5-14(9-16)25-18(27)11-29-20-17-10-24-26(19(17)22-12-23-20)15-6-2-4-13(21)8-15/h2-10,12H,11H2,1H3,(H,25,27). The smallest absolute Gasteiger partial charge is 0.234 e. The predicted molar refractivity (Wildman–Crippen MR) is 114 cm³/mol. The van der Waals surface area contributed by atoms with Crippen LogP contribution in [0.4, 0.5) is 5.69 Å². The van der Waals surface area contributed by atoms with Gasteiger partial charge in [-0.3, -0.25) is 4.79 Å². The highest BCUT2D eigenvalue weighted by Crippen LogP contribution is 2.26. The van der Waals surface area contributed by atoms with Gasteiger partial charge in [-0.25, -0.2) is 14.6 Å². The van der Waals surface area contributed by atoms with E-state index >= 15 is 0 Å². The van der Waals surface area contributed by atoms with Crippen LogP contribution in [0.3, 0.4) is 0 Å². The van der Waals surface area contributed by atoms with Gasteiger partial charge >= 0.3 is 0 Å². The van der Waals surface area contributed by atoms with E-state index in [0.29, 0.717) is 27.1 Å². The van der Waals surface area contributed by atoms with Gasteiger partial charge in [-0.1, -0.05) is 35.5 Å². The molecule has 1 amide bonds. The summed E-state index contributed by atoms with van der Waals surface area (Å²) in [6.07, 6.45) is 3.16. The Bertz CT molecular complexity index is 1180. The number of fused-ring (bicyclic) bond motifs is 1. The summed E-state index contributed by atoms with van der Waals surface area (Å²) in [6, 6.07) is 14.6. The summed E-state index contributed by atoms with van der Waals surface area (Å²) in [4.78, 5) is 21.0. The number of nitrogens with zero attached hydrogens (tertiary/aromatic N) is 4. The molecule has 0 saturated carbocycles. The first kappa shape index (κ1) is 19.2. The van der Waals surface area contributed by atoms with Crippen molar-refractivity contribution in [2.45, 2.75) is 5.03 Å². The molecule has 29 heavy (non-hydrogen) atoms. The number of aromatic nitrogens is 4. The van der Waals surface area contributed by atoms with Crippen molar-refractivity contribution in [3.8, 4) is 11.4 Å². The Morgan fingerprint density at radius 2 is 2.07 bits per heavy atom. The molecule has 2 heterocycles. The van der Waals surface area contributed by atoms with Gasteiger partial charge in [0.2, 0.25) is 5.91 Å². The quantitative estimate of drug-likeness (QED) is 0.368. The lowest BCUT2D eigenvalue weighted by molar-refractivity contribution is -0.113. The van der Waals surface area contributed by atoms with Crippen LogP contribution in [-0.4, -0.2) is 38.5 Å². The number of halogens is 1. The molecule has 0 atom stereocenters. The lowest BCUT2D eigenvalue weighted by Crippen LogP contribution is -2.14. The van der Waals surface area contributed by atoms with Gasteiger partial charge in [-0.2, -0.15) is 5.10 Å². The number of hydrogen-bond acceptors (Lipinski definition) is 6. The van der Waals surface area contributed by atoms with E-state index in [4.69, 9.17) is 16.3 Å². The molecule has 0 saturated heterocycles. The largest absolute Gasteiger partial charge is 0.497 e. The van der Waals surface area contributed by atoms with Crippen molar-refractivity contribution in [2.24, 2.45) is 0 Å². The number of rotatable bonds is 6. The van der Waals surface area contributed by atoms with Gasteiger partial charge in [0, 0.05) is 16.8 Å². The molecule has 0 spiro atoms. The summed E-state index contributed by atoms with van der Waals surface area (Å²) in [5.74, 6) is 0.740. The maximum atomic E-state index is 12.3. The molecule has 2 aromatic carbocycles. The van der Waals surface area contributed by atoms with Gasteiger partial charge < -0.3 is 10.1 Å². The minimum absolute atomic E-state index is 0.141. The summed E-state index contributed by atoms with van der Waals surface area (Å²) >= 11 is 7.41. The summed E-state index contributed by atoms with van der Waals surface area (Å²) in [5, 5.41) is 9.33. The second kappa shape index (κ2) is 8.50. The molecular weight excluding hydrogens is 410 g/mol. The number of hydrogen-bond donors (Lipinski definition) is 1. The monoisotopic (exact) mass is 425 g/mol. The fourth-order valence-corrected chi connectivity index (χ4v) is 3.71. The molecule has 0 aliphatic carbocycles. The van der Waals surface area contributed by atoms with E-state index in [1.54, 1.807) is 30.1 Å². The van der Waals surface area contributed by atoms with Crippen LogP contribution in [0.5, 0.6) is 5.75 Å². The molecule has 9 heteroatoms. The van der Waals surface area contributed by atoms with Crippen molar-refractivity contribution < 1.29 is 9.53 Å². The fourth-order valence-electron chi connectivity index (χ4n) is 2.77. The van der Waals surface area contributed by atoms with E-state index in [2.05, 4.69) is 20.4 Å². The number of thioether (sulfide) groups is 1. The molecular formula is C20H16ClN5O2S. The number of carbonyl (C=O) groups excluding carboxylic acids is 1. The molecule has 146 valence electrons. The highest BCUT2D eigenvalue weighted by molar-refractivity contribution is 8.00. The lowest BCUT2D eigenvalue weighted by atomic mass is 10.3. The van der Waals surface area contributed by atoms with E-state index in [0.717, 1.165) is 11.1 Å². The molecule has 1 N–H and O–H groups in total. The van der Waals surface area contributed by atoms with Crippen molar-refractivity contribution in [3.63, 3.8) is 0 Å². The van der Waals surface area contributed by atoms with Crippen LogP contribution in [0.2, 0.25) is 5.02 Å². The van der Waals surface area contributed by atoms with Crippen LogP contribution in [0.1, 0.15) is 0 Å². The van der Waals surface area contributed by atoms with Crippen LogP contribution in [0, 0.1) is 0 Å². The zero-order valence-corrected chi connectivity index (χ0v) is 16.9. The van der Waals surface area contributed by atoms with Crippen LogP contribution >= 0.6 is 23.4 Å². The summed E-state index contributed by atoms with van der Waals surface area (Å²) < 4.78 is 6.87. The van der Waals surface area contributed by atoms with Crippen LogP contribution in [0.15, 0.2) is 66.1 Å². The molecule has 4 aromatic rings. The summed E-state index contributed by atoms with van der Waals surface area (Å²) in [5.41, 5.74) is 2.13. The van der Waals surface area contributed by atoms with Crippen LogP contribution in [-0.2, 0) is 4.79 Å². The second-order valence-corrected chi connectivity index (χ2v) is 7.42. The van der Waals surface area contributed by atoms with Gasteiger partial charge in [0.15, 0.2) is 5.65 Å². The first-order valence-corrected chi connectivity index (χ1v) is 10.0. The zero-order chi connectivity index (χ0) is 20.2. The maximum absolute atomic E-state index is 12.3. The number of carbonyl (C=O) groups is 1. The average Bonchev–Trinajstić information content (AvgIpc) is 3.17. The van der Waals surface area contributed by atoms with E-state index < -0.39 is 0 Å². The van der Waals surface area contributed by atoms with Gasteiger partial charge in [0.1, 0.15) is 17.1 Å². The van der Waals surface area contributed by atoms with E-state index in [9.17, 15) is 4.79 Å². The molecule has 0 aliphatic heterocycles. The number of methoxy groups -OCH3 is 1. The van der Waals surface area contributed by atoms with E-state index in [1.165, 1.54) is 18.1 Å². The third-order valence-corrected chi connectivity index (χ3v) is 5.32. The zero-order valence-electron chi connectivity index (χ0n) is 15.4. The number of anilines is 1. The molecule has 0 unspecified atom stereocenters. The van der Waals surface area contributed by atoms with E-state index in [-0.39, 0.29) is 11.7 Å².